The number of rotatable bonds is 0. The van der Waals surface area contributed by atoms with Gasteiger partial charge in [-0.25, -0.2) is 9.97 Å². The Labute approximate surface area is 150 Å². The summed E-state index contributed by atoms with van der Waals surface area (Å²) >= 11 is 0. The van der Waals surface area contributed by atoms with Crippen LogP contribution >= 0.6 is 0 Å². The highest BCUT2D eigenvalue weighted by Crippen LogP contribution is 2.43. The minimum absolute atomic E-state index is 0.0918. The Kier molecular flexibility index (Phi) is 3.05. The zero-order chi connectivity index (χ0) is 18.1. The van der Waals surface area contributed by atoms with Crippen LogP contribution in [0.2, 0.25) is 0 Å². The van der Waals surface area contributed by atoms with Gasteiger partial charge in [-0.1, -0.05) is 11.6 Å². The molecule has 6 nitrogen and oxygen atoms in total. The van der Waals surface area contributed by atoms with E-state index in [1.54, 1.807) is 0 Å². The summed E-state index contributed by atoms with van der Waals surface area (Å²) in [5, 5.41) is 4.66. The minimum Gasteiger partial charge on any atom is -0.481 e. The van der Waals surface area contributed by atoms with E-state index in [-0.39, 0.29) is 5.56 Å². The Morgan fingerprint density at radius 2 is 1.96 bits per heavy atom. The molecule has 0 unspecified atom stereocenters. The van der Waals surface area contributed by atoms with Crippen molar-refractivity contribution in [2.45, 2.75) is 52.1 Å². The topological polar surface area (TPSA) is 69.4 Å². The van der Waals surface area contributed by atoms with Crippen molar-refractivity contribution in [3.63, 3.8) is 0 Å². The van der Waals surface area contributed by atoms with E-state index in [9.17, 15) is 4.79 Å². The van der Waals surface area contributed by atoms with Gasteiger partial charge in [-0.3, -0.25) is 4.79 Å². The van der Waals surface area contributed by atoms with Crippen LogP contribution in [0.15, 0.2) is 23.0 Å². The monoisotopic (exact) mass is 348 g/mol. The molecule has 0 radical (unpaired) electrons. The van der Waals surface area contributed by atoms with Crippen molar-refractivity contribution < 1.29 is 4.74 Å². The molecule has 1 aliphatic heterocycles. The molecule has 0 atom stereocenters. The first-order valence-corrected chi connectivity index (χ1v) is 9.07. The number of ether oxygens (including phenoxy) is 1. The lowest BCUT2D eigenvalue weighted by atomic mass is 9.93. The normalized spacial score (nSPS) is 17.2. The summed E-state index contributed by atoms with van der Waals surface area (Å²) in [6, 6.07) is 6.03. The van der Waals surface area contributed by atoms with Crippen molar-refractivity contribution in [3.05, 3.63) is 51.1 Å². The van der Waals surface area contributed by atoms with E-state index in [1.165, 1.54) is 4.52 Å². The van der Waals surface area contributed by atoms with Gasteiger partial charge in [0, 0.05) is 11.1 Å². The Balaban J connectivity index is 1.87. The predicted octanol–water partition coefficient (Wildman–Crippen LogP) is 2.97. The van der Waals surface area contributed by atoms with Crippen molar-refractivity contribution in [2.75, 3.05) is 0 Å². The van der Waals surface area contributed by atoms with Gasteiger partial charge in [-0.15, -0.1) is 0 Å². The number of benzene rings is 1. The average molecular weight is 348 g/mol. The van der Waals surface area contributed by atoms with Crippen LogP contribution in [0.3, 0.4) is 0 Å². The Bertz CT molecular complexity index is 1130. The summed E-state index contributed by atoms with van der Waals surface area (Å²) in [5.41, 5.74) is 4.35. The molecule has 0 amide bonds. The van der Waals surface area contributed by atoms with Crippen LogP contribution < -0.4 is 10.3 Å². The molecule has 6 heteroatoms. The third kappa shape index (κ3) is 2.11. The zero-order valence-corrected chi connectivity index (χ0v) is 15.2. The molecule has 0 saturated heterocycles. The van der Waals surface area contributed by atoms with Gasteiger partial charge in [0.1, 0.15) is 22.7 Å². The van der Waals surface area contributed by atoms with Gasteiger partial charge < -0.3 is 4.74 Å². The second-order valence-corrected chi connectivity index (χ2v) is 7.68. The highest BCUT2D eigenvalue weighted by atomic mass is 16.5. The van der Waals surface area contributed by atoms with Crippen molar-refractivity contribution in [1.29, 1.82) is 0 Å². The molecule has 1 aliphatic carbocycles. The molecule has 3 aromatic rings. The number of fused-ring (bicyclic) bond motifs is 5. The molecule has 132 valence electrons. The first-order chi connectivity index (χ1) is 12.4. The molecule has 0 bridgehead atoms. The Hall–Kier alpha value is -2.76. The van der Waals surface area contributed by atoms with Crippen molar-refractivity contribution >= 4 is 5.78 Å². The van der Waals surface area contributed by atoms with E-state index in [0.29, 0.717) is 11.5 Å². The maximum absolute atomic E-state index is 12.9. The molecule has 0 spiro atoms. The molecule has 0 saturated carbocycles. The fourth-order valence-electron chi connectivity index (χ4n) is 3.93. The maximum atomic E-state index is 12.9. The third-order valence-corrected chi connectivity index (χ3v) is 5.28. The number of hydrogen-bond acceptors (Lipinski definition) is 5. The minimum atomic E-state index is -0.672. The lowest BCUT2D eigenvalue weighted by molar-refractivity contribution is 0.0982. The van der Waals surface area contributed by atoms with E-state index in [1.807, 2.05) is 39.0 Å². The molecule has 5 rings (SSSR count). The smallest absolute Gasteiger partial charge is 0.279 e. The number of aromatic nitrogens is 4. The van der Waals surface area contributed by atoms with Gasteiger partial charge in [0.2, 0.25) is 0 Å². The van der Waals surface area contributed by atoms with E-state index >= 15 is 0 Å². The van der Waals surface area contributed by atoms with E-state index < -0.39 is 5.60 Å². The van der Waals surface area contributed by atoms with Crippen LogP contribution in [0.1, 0.15) is 49.2 Å². The van der Waals surface area contributed by atoms with E-state index in [0.717, 1.165) is 59.5 Å². The zero-order valence-electron chi connectivity index (χ0n) is 15.2. The lowest BCUT2D eigenvalue weighted by Gasteiger charge is -2.33. The molecule has 1 aromatic carbocycles. The lowest BCUT2D eigenvalue weighted by Crippen LogP contribution is -2.35. The summed E-state index contributed by atoms with van der Waals surface area (Å²) in [5.74, 6) is 1.16. The van der Waals surface area contributed by atoms with Gasteiger partial charge in [0.05, 0.1) is 5.69 Å². The highest BCUT2D eigenvalue weighted by Gasteiger charge is 2.36. The van der Waals surface area contributed by atoms with E-state index in [4.69, 9.17) is 9.72 Å². The summed E-state index contributed by atoms with van der Waals surface area (Å²) < 4.78 is 7.52. The first-order valence-electron chi connectivity index (χ1n) is 9.07. The average Bonchev–Trinajstić information content (AvgIpc) is 2.62. The fraction of sp³-hybridized carbons (Fsp3) is 0.400. The summed E-state index contributed by atoms with van der Waals surface area (Å²) in [4.78, 5) is 22.4. The maximum Gasteiger partial charge on any atom is 0.279 e. The SMILES string of the molecule is Cc1ccc2c(c1)-c1nc3nc4c(c(=O)n3nc1C(C)(C)O2)CCCC4. The largest absolute Gasteiger partial charge is 0.481 e. The first kappa shape index (κ1) is 15.5. The van der Waals surface area contributed by atoms with Gasteiger partial charge in [-0.2, -0.15) is 9.61 Å². The molecule has 3 heterocycles. The summed E-state index contributed by atoms with van der Waals surface area (Å²) in [7, 11) is 0. The van der Waals surface area contributed by atoms with Crippen molar-refractivity contribution in [1.82, 2.24) is 19.6 Å². The second-order valence-electron chi connectivity index (χ2n) is 7.68. The van der Waals surface area contributed by atoms with Gasteiger partial charge >= 0.3 is 0 Å². The molecule has 0 N–H and O–H groups in total. The number of hydrogen-bond donors (Lipinski definition) is 0. The van der Waals surface area contributed by atoms with Crippen molar-refractivity contribution in [2.24, 2.45) is 0 Å². The number of aryl methyl sites for hydroxylation is 2. The standard InChI is InChI=1S/C20H20N4O2/c1-11-8-9-15-13(10-11)16-17(20(2,3)26-15)23-24-18(25)12-6-4-5-7-14(12)21-19(24)22-16/h8-10H,4-7H2,1-3H3. The molecule has 0 fully saturated rings. The van der Waals surface area contributed by atoms with Gasteiger partial charge in [0.15, 0.2) is 0 Å². The van der Waals surface area contributed by atoms with Crippen molar-refractivity contribution in [3.8, 4) is 17.0 Å². The second kappa shape index (κ2) is 5.13. The van der Waals surface area contributed by atoms with Crippen LogP contribution in [0.5, 0.6) is 5.75 Å². The number of nitrogens with zero attached hydrogens (tertiary/aromatic N) is 4. The van der Waals surface area contributed by atoms with Gasteiger partial charge in [-0.05, 0) is 58.6 Å². The fourth-order valence-corrected chi connectivity index (χ4v) is 3.93. The molecule has 2 aromatic heterocycles. The summed E-state index contributed by atoms with van der Waals surface area (Å²) in [6.07, 6.45) is 3.70. The molecular weight excluding hydrogens is 328 g/mol. The Morgan fingerprint density at radius 3 is 2.81 bits per heavy atom. The third-order valence-electron chi connectivity index (χ3n) is 5.28. The van der Waals surface area contributed by atoms with Crippen LogP contribution in [0.4, 0.5) is 0 Å². The van der Waals surface area contributed by atoms with Crippen LogP contribution in [-0.4, -0.2) is 19.6 Å². The van der Waals surface area contributed by atoms with E-state index in [2.05, 4.69) is 10.1 Å². The molecule has 2 aliphatic rings. The van der Waals surface area contributed by atoms with Gasteiger partial charge in [0.25, 0.3) is 11.3 Å². The van der Waals surface area contributed by atoms with Crippen LogP contribution in [0.25, 0.3) is 17.0 Å². The predicted molar refractivity (Wildman–Crippen MR) is 97.5 cm³/mol. The summed E-state index contributed by atoms with van der Waals surface area (Å²) in [6.45, 7) is 5.94. The van der Waals surface area contributed by atoms with Crippen LogP contribution in [-0.2, 0) is 18.4 Å². The molecular formula is C20H20N4O2. The quantitative estimate of drug-likeness (QED) is 0.625. The molecule has 26 heavy (non-hydrogen) atoms. The Morgan fingerprint density at radius 1 is 1.15 bits per heavy atom. The highest BCUT2D eigenvalue weighted by molar-refractivity contribution is 5.73. The van der Waals surface area contributed by atoms with Crippen LogP contribution in [0, 0.1) is 6.92 Å².